The lowest BCUT2D eigenvalue weighted by Gasteiger charge is -2.57. The Kier molecular flexibility index (Phi) is 5.49. The molecule has 0 radical (unpaired) electrons. The van der Waals surface area contributed by atoms with Crippen LogP contribution < -0.4 is 4.90 Å². The van der Waals surface area contributed by atoms with Gasteiger partial charge in [0, 0.05) is 17.1 Å². The van der Waals surface area contributed by atoms with Crippen LogP contribution in [0.4, 0.5) is 17.1 Å². The van der Waals surface area contributed by atoms with Crippen LogP contribution in [0.5, 0.6) is 0 Å². The van der Waals surface area contributed by atoms with Crippen molar-refractivity contribution in [3.05, 3.63) is 90.0 Å². The Bertz CT molecular complexity index is 1100. The van der Waals surface area contributed by atoms with Crippen molar-refractivity contribution < 1.29 is 0 Å². The van der Waals surface area contributed by atoms with Gasteiger partial charge in [-0.15, -0.1) is 0 Å². The predicted molar refractivity (Wildman–Crippen MR) is 147 cm³/mol. The molecule has 5 aliphatic carbocycles. The molecule has 0 heterocycles. The van der Waals surface area contributed by atoms with Crippen LogP contribution in [0.3, 0.4) is 0 Å². The molecule has 3 aromatic rings. The summed E-state index contributed by atoms with van der Waals surface area (Å²) in [6, 6.07) is 30.2. The van der Waals surface area contributed by atoms with Crippen LogP contribution >= 0.6 is 0 Å². The number of rotatable bonds is 5. The second-order valence-electron chi connectivity index (χ2n) is 12.3. The molecule has 3 aromatic carbocycles. The first-order valence-electron chi connectivity index (χ1n) is 14.3. The fourth-order valence-corrected chi connectivity index (χ4v) is 8.78. The minimum Gasteiger partial charge on any atom is -0.311 e. The summed E-state index contributed by atoms with van der Waals surface area (Å²) in [5.74, 6) is 3.72. The second kappa shape index (κ2) is 8.84. The normalized spacial score (nSPS) is 29.9. The molecule has 0 saturated heterocycles. The van der Waals surface area contributed by atoms with E-state index < -0.39 is 0 Å². The molecule has 1 nitrogen and oxygen atoms in total. The summed E-state index contributed by atoms with van der Waals surface area (Å²) >= 11 is 0. The zero-order chi connectivity index (χ0) is 23.2. The smallest absolute Gasteiger partial charge is 0.0461 e. The molecule has 35 heavy (non-hydrogen) atoms. The van der Waals surface area contributed by atoms with E-state index in [0.29, 0.717) is 5.41 Å². The van der Waals surface area contributed by atoms with Crippen LogP contribution in [0.1, 0.15) is 87.7 Å². The van der Waals surface area contributed by atoms with Crippen LogP contribution in [0, 0.1) is 17.8 Å². The largest absolute Gasteiger partial charge is 0.311 e. The maximum atomic E-state index is 2.48. The van der Waals surface area contributed by atoms with Crippen LogP contribution in [0.25, 0.3) is 0 Å². The van der Waals surface area contributed by atoms with Gasteiger partial charge in [0.15, 0.2) is 0 Å². The summed E-state index contributed by atoms with van der Waals surface area (Å²) in [5, 5.41) is 0. The van der Waals surface area contributed by atoms with Gasteiger partial charge < -0.3 is 4.90 Å². The molecular weight excluding hydrogens is 422 g/mol. The van der Waals surface area contributed by atoms with E-state index in [1.807, 2.05) is 0 Å². The van der Waals surface area contributed by atoms with Gasteiger partial charge in [-0.1, -0.05) is 61.7 Å². The highest BCUT2D eigenvalue weighted by molar-refractivity contribution is 5.76. The third-order valence-corrected chi connectivity index (χ3v) is 10.0. The molecule has 0 aliphatic heterocycles. The van der Waals surface area contributed by atoms with Gasteiger partial charge in [-0.25, -0.2) is 0 Å². The Morgan fingerprint density at radius 3 is 1.63 bits per heavy atom. The summed E-state index contributed by atoms with van der Waals surface area (Å²) in [4.78, 5) is 2.44. The quantitative estimate of drug-likeness (QED) is 0.365. The Morgan fingerprint density at radius 1 is 0.543 bits per heavy atom. The molecule has 0 aromatic heterocycles. The van der Waals surface area contributed by atoms with Crippen molar-refractivity contribution in [2.75, 3.05) is 4.90 Å². The summed E-state index contributed by atoms with van der Waals surface area (Å²) in [5.41, 5.74) is 7.38. The van der Waals surface area contributed by atoms with Gasteiger partial charge in [0.05, 0.1) is 0 Å². The summed E-state index contributed by atoms with van der Waals surface area (Å²) < 4.78 is 0. The minimum atomic E-state index is 0.465. The molecule has 1 heteroatoms. The number of nitrogens with zero attached hydrogens (tertiary/aromatic N) is 1. The standard InChI is InChI=1S/C34H39N/c1-3-7-28(8-4-1)29-11-15-32(16-12-29)35(31-9-5-2-6-10-31)33-17-13-30(14-18-33)34-22-25-19-26(23-34)21-27(20-25)24-34/h2,5-6,9-18,25-28H,1,3-4,7-8,19-24H2. The molecule has 0 amide bonds. The highest BCUT2D eigenvalue weighted by Gasteiger charge is 2.51. The van der Waals surface area contributed by atoms with Crippen LogP contribution in [0.15, 0.2) is 78.9 Å². The van der Waals surface area contributed by atoms with Crippen molar-refractivity contribution in [1.82, 2.24) is 0 Å². The molecule has 8 rings (SSSR count). The third-order valence-electron chi connectivity index (χ3n) is 10.0. The SMILES string of the molecule is c1ccc(N(c2ccc(C3CCCCC3)cc2)c2ccc(C34CC5CC(CC(C5)C3)C4)cc2)cc1. The Morgan fingerprint density at radius 2 is 1.06 bits per heavy atom. The molecule has 0 unspecified atom stereocenters. The lowest BCUT2D eigenvalue weighted by molar-refractivity contribution is -0.00518. The fourth-order valence-electron chi connectivity index (χ4n) is 8.78. The summed E-state index contributed by atoms with van der Waals surface area (Å²) in [6.45, 7) is 0. The lowest BCUT2D eigenvalue weighted by atomic mass is 9.48. The van der Waals surface area contributed by atoms with Crippen LogP contribution in [-0.4, -0.2) is 0 Å². The molecule has 4 bridgehead atoms. The van der Waals surface area contributed by atoms with E-state index in [4.69, 9.17) is 0 Å². The van der Waals surface area contributed by atoms with Crippen molar-refractivity contribution in [2.45, 2.75) is 82.0 Å². The van der Waals surface area contributed by atoms with Crippen molar-refractivity contribution >= 4 is 17.1 Å². The first-order valence-corrected chi connectivity index (χ1v) is 14.3. The molecule has 5 fully saturated rings. The van der Waals surface area contributed by atoms with Gasteiger partial charge in [0.1, 0.15) is 0 Å². The monoisotopic (exact) mass is 461 g/mol. The summed E-state index contributed by atoms with van der Waals surface area (Å²) in [7, 11) is 0. The maximum Gasteiger partial charge on any atom is 0.0461 e. The highest BCUT2D eigenvalue weighted by Crippen LogP contribution is 2.60. The minimum absolute atomic E-state index is 0.465. The van der Waals surface area contributed by atoms with Gasteiger partial charge in [-0.2, -0.15) is 0 Å². The van der Waals surface area contributed by atoms with E-state index in [0.717, 1.165) is 23.7 Å². The van der Waals surface area contributed by atoms with E-state index in [1.165, 1.54) is 93.3 Å². The third kappa shape index (κ3) is 4.02. The van der Waals surface area contributed by atoms with E-state index in [1.54, 1.807) is 5.56 Å². The Hall–Kier alpha value is -2.54. The van der Waals surface area contributed by atoms with Crippen LogP contribution in [-0.2, 0) is 5.41 Å². The van der Waals surface area contributed by atoms with Gasteiger partial charge >= 0.3 is 0 Å². The van der Waals surface area contributed by atoms with Gasteiger partial charge in [0.25, 0.3) is 0 Å². The lowest BCUT2D eigenvalue weighted by Crippen LogP contribution is -2.48. The molecular formula is C34H39N. The van der Waals surface area contributed by atoms with Crippen molar-refractivity contribution in [1.29, 1.82) is 0 Å². The van der Waals surface area contributed by atoms with E-state index >= 15 is 0 Å². The molecule has 5 saturated carbocycles. The predicted octanol–water partition coefficient (Wildman–Crippen LogP) is 9.67. The zero-order valence-corrected chi connectivity index (χ0v) is 21.0. The Balaban J connectivity index is 1.20. The van der Waals surface area contributed by atoms with Gasteiger partial charge in [-0.3, -0.25) is 0 Å². The average molecular weight is 462 g/mol. The highest BCUT2D eigenvalue weighted by atomic mass is 15.1. The Labute approximate surface area is 211 Å². The maximum absolute atomic E-state index is 2.48. The van der Waals surface area contributed by atoms with Crippen molar-refractivity contribution in [3.8, 4) is 0 Å². The van der Waals surface area contributed by atoms with E-state index in [2.05, 4.69) is 83.8 Å². The number of hydrogen-bond donors (Lipinski definition) is 0. The second-order valence-corrected chi connectivity index (χ2v) is 12.3. The summed E-state index contributed by atoms with van der Waals surface area (Å²) in [6.07, 6.45) is 15.7. The van der Waals surface area contributed by atoms with E-state index in [-0.39, 0.29) is 0 Å². The molecule has 0 spiro atoms. The molecule has 0 atom stereocenters. The number of anilines is 3. The molecule has 5 aliphatic rings. The van der Waals surface area contributed by atoms with Gasteiger partial charge in [0.2, 0.25) is 0 Å². The number of para-hydroxylation sites is 1. The van der Waals surface area contributed by atoms with Crippen LogP contribution in [0.2, 0.25) is 0 Å². The molecule has 0 N–H and O–H groups in total. The fraction of sp³-hybridized carbons (Fsp3) is 0.471. The topological polar surface area (TPSA) is 3.24 Å². The number of benzene rings is 3. The average Bonchev–Trinajstić information content (AvgIpc) is 2.90. The van der Waals surface area contributed by atoms with Crippen molar-refractivity contribution in [3.63, 3.8) is 0 Å². The van der Waals surface area contributed by atoms with Crippen molar-refractivity contribution in [2.24, 2.45) is 17.8 Å². The first-order chi connectivity index (χ1) is 17.3. The first kappa shape index (κ1) is 21.7. The number of hydrogen-bond acceptors (Lipinski definition) is 1. The zero-order valence-electron chi connectivity index (χ0n) is 21.0. The van der Waals surface area contributed by atoms with Gasteiger partial charge in [-0.05, 0) is 128 Å². The van der Waals surface area contributed by atoms with E-state index in [9.17, 15) is 0 Å². The molecule has 180 valence electrons.